The number of unbranched alkanes of at least 4 members (excludes halogenated alkanes) is 1. The first-order valence-corrected chi connectivity index (χ1v) is 10.2. The summed E-state index contributed by atoms with van der Waals surface area (Å²) in [4.78, 5) is 33.2. The number of nitrogens with one attached hydrogen (secondary N) is 3. The molecule has 2 rings (SSSR count). The number of terminal acetylenes is 1. The number of anilines is 1. The molecule has 1 aromatic rings. The molecule has 0 saturated carbocycles. The molecule has 0 aliphatic carbocycles. The smallest absolute Gasteiger partial charge is 0.322 e. The molecule has 1 aromatic heterocycles. The van der Waals surface area contributed by atoms with Crippen molar-refractivity contribution in [3.8, 4) is 24.2 Å². The zero-order valence-electron chi connectivity index (χ0n) is 17.9. The second-order valence-electron chi connectivity index (χ2n) is 6.88. The fourth-order valence-corrected chi connectivity index (χ4v) is 2.63. The van der Waals surface area contributed by atoms with Gasteiger partial charge in [-0.25, -0.2) is 9.78 Å². The van der Waals surface area contributed by atoms with Gasteiger partial charge in [-0.15, -0.1) is 6.42 Å². The van der Waals surface area contributed by atoms with Crippen LogP contribution < -0.4 is 20.9 Å². The lowest BCUT2D eigenvalue weighted by molar-refractivity contribution is -0.119. The molecular formula is C23H28N6O2. The van der Waals surface area contributed by atoms with Gasteiger partial charge in [0.05, 0.1) is 12.9 Å². The van der Waals surface area contributed by atoms with E-state index in [1.54, 1.807) is 29.6 Å². The van der Waals surface area contributed by atoms with Crippen LogP contribution in [-0.2, 0) is 4.79 Å². The maximum atomic E-state index is 11.5. The van der Waals surface area contributed by atoms with Crippen molar-refractivity contribution in [2.45, 2.75) is 39.2 Å². The summed E-state index contributed by atoms with van der Waals surface area (Å²) in [6.07, 6.45) is 14.1. The average molecular weight is 421 g/mol. The van der Waals surface area contributed by atoms with Crippen LogP contribution in [0.1, 0.15) is 38.7 Å². The van der Waals surface area contributed by atoms with E-state index in [9.17, 15) is 9.59 Å². The quantitative estimate of drug-likeness (QED) is 0.176. The molecule has 1 aliphatic rings. The first-order valence-electron chi connectivity index (χ1n) is 10.2. The first kappa shape index (κ1) is 23.5. The van der Waals surface area contributed by atoms with Gasteiger partial charge in [0.2, 0.25) is 0 Å². The zero-order valence-corrected chi connectivity index (χ0v) is 17.9. The minimum absolute atomic E-state index is 0.340. The largest absolute Gasteiger partial charge is 0.389 e. The Labute approximate surface area is 183 Å². The molecule has 1 fully saturated rings. The second-order valence-corrected chi connectivity index (χ2v) is 6.88. The number of hydrogen-bond acceptors (Lipinski definition) is 5. The van der Waals surface area contributed by atoms with E-state index in [2.05, 4.69) is 63.6 Å². The Morgan fingerprint density at radius 2 is 2.26 bits per heavy atom. The minimum atomic E-state index is -0.849. The van der Waals surface area contributed by atoms with Crippen LogP contribution in [0, 0.1) is 24.2 Å². The van der Waals surface area contributed by atoms with E-state index in [0.717, 1.165) is 25.8 Å². The van der Waals surface area contributed by atoms with Gasteiger partial charge in [0.25, 0.3) is 5.91 Å². The second kappa shape index (κ2) is 12.7. The number of carbonyl (C=O) groups excluding carboxylic acids is 2. The molecule has 0 aromatic carbocycles. The third-order valence-corrected chi connectivity index (χ3v) is 4.27. The highest BCUT2D eigenvalue weighted by molar-refractivity contribution is 6.05. The highest BCUT2D eigenvalue weighted by Crippen LogP contribution is 2.09. The van der Waals surface area contributed by atoms with E-state index in [1.807, 2.05) is 0 Å². The molecule has 8 nitrogen and oxygen atoms in total. The topological polar surface area (TPSA) is 98.7 Å². The molecule has 1 atom stereocenters. The van der Waals surface area contributed by atoms with E-state index in [0.29, 0.717) is 24.5 Å². The van der Waals surface area contributed by atoms with E-state index in [-0.39, 0.29) is 0 Å². The molecule has 0 bridgehead atoms. The molecule has 8 heteroatoms. The van der Waals surface area contributed by atoms with Gasteiger partial charge < -0.3 is 15.5 Å². The maximum absolute atomic E-state index is 11.5. The summed E-state index contributed by atoms with van der Waals surface area (Å²) in [5.74, 6) is 8.33. The van der Waals surface area contributed by atoms with Crippen molar-refractivity contribution in [3.05, 3.63) is 35.7 Å². The molecule has 0 spiro atoms. The van der Waals surface area contributed by atoms with E-state index < -0.39 is 18.0 Å². The van der Waals surface area contributed by atoms with Crippen LogP contribution in [0.3, 0.4) is 0 Å². The number of aromatic nitrogens is 1. The molecule has 1 saturated heterocycles. The summed E-state index contributed by atoms with van der Waals surface area (Å²) in [5.41, 5.74) is 1.82. The number of nitrogens with zero attached hydrogens (tertiary/aromatic N) is 3. The van der Waals surface area contributed by atoms with Crippen molar-refractivity contribution >= 4 is 24.1 Å². The van der Waals surface area contributed by atoms with Gasteiger partial charge in [0, 0.05) is 30.5 Å². The van der Waals surface area contributed by atoms with Gasteiger partial charge in [0.15, 0.2) is 6.04 Å². The molecule has 162 valence electrons. The van der Waals surface area contributed by atoms with Crippen LogP contribution in [0.25, 0.3) is 0 Å². The summed E-state index contributed by atoms with van der Waals surface area (Å²) in [5, 5.41) is 7.93. The standard InChI is InChI=1S/C23H28N6O2/c1-4-6-8-18(3)25-14-7-13-24-17-29(15-5-2)21-12-10-19(16-26-21)9-11-20-22(30)28-23(31)27-20/h2,8,10,12,16-17,20,25H,4,6-7,13-15H2,1,3H3,(H2,27,28,30,31). The monoisotopic (exact) mass is 420 g/mol. The number of amides is 3. The Morgan fingerprint density at radius 3 is 2.90 bits per heavy atom. The lowest BCUT2D eigenvalue weighted by atomic mass is 10.2. The summed E-state index contributed by atoms with van der Waals surface area (Å²) in [6.45, 7) is 6.11. The van der Waals surface area contributed by atoms with Crippen molar-refractivity contribution < 1.29 is 9.59 Å². The molecule has 31 heavy (non-hydrogen) atoms. The summed E-state index contributed by atoms with van der Waals surface area (Å²) in [6, 6.07) is 2.17. The van der Waals surface area contributed by atoms with Gasteiger partial charge in [-0.3, -0.25) is 15.1 Å². The zero-order chi connectivity index (χ0) is 22.5. The predicted molar refractivity (Wildman–Crippen MR) is 122 cm³/mol. The molecular weight excluding hydrogens is 392 g/mol. The van der Waals surface area contributed by atoms with Gasteiger partial charge in [-0.1, -0.05) is 37.2 Å². The number of imide groups is 1. The van der Waals surface area contributed by atoms with E-state index >= 15 is 0 Å². The first-order chi connectivity index (χ1) is 15.0. The maximum Gasteiger partial charge on any atom is 0.322 e. The third-order valence-electron chi connectivity index (χ3n) is 4.27. The molecule has 1 unspecified atom stereocenters. The molecule has 0 radical (unpaired) electrons. The molecule has 2 heterocycles. The number of rotatable bonds is 10. The number of aliphatic imine (C=N–C) groups is 1. The molecule has 3 amide bonds. The lowest BCUT2D eigenvalue weighted by Crippen LogP contribution is -2.26. The number of allylic oxidation sites excluding steroid dienone is 2. The summed E-state index contributed by atoms with van der Waals surface area (Å²) < 4.78 is 0. The summed E-state index contributed by atoms with van der Waals surface area (Å²) in [7, 11) is 0. The Kier molecular flexibility index (Phi) is 9.64. The molecule has 3 N–H and O–H groups in total. The van der Waals surface area contributed by atoms with Crippen LogP contribution in [0.4, 0.5) is 10.6 Å². The highest BCUT2D eigenvalue weighted by Gasteiger charge is 2.27. The lowest BCUT2D eigenvalue weighted by Gasteiger charge is -2.15. The van der Waals surface area contributed by atoms with Crippen molar-refractivity contribution in [2.75, 3.05) is 24.5 Å². The summed E-state index contributed by atoms with van der Waals surface area (Å²) >= 11 is 0. The van der Waals surface area contributed by atoms with Crippen molar-refractivity contribution in [2.24, 2.45) is 4.99 Å². The van der Waals surface area contributed by atoms with Crippen LogP contribution in [0.15, 0.2) is 35.1 Å². The van der Waals surface area contributed by atoms with Crippen molar-refractivity contribution in [1.82, 2.24) is 20.9 Å². The van der Waals surface area contributed by atoms with E-state index in [1.165, 1.54) is 5.70 Å². The van der Waals surface area contributed by atoms with Gasteiger partial charge >= 0.3 is 6.03 Å². The number of pyridine rings is 1. The molecule has 1 aliphatic heterocycles. The Bertz CT molecular complexity index is 918. The van der Waals surface area contributed by atoms with Gasteiger partial charge in [0.1, 0.15) is 5.82 Å². The minimum Gasteiger partial charge on any atom is -0.389 e. The number of urea groups is 1. The van der Waals surface area contributed by atoms with Crippen molar-refractivity contribution in [3.63, 3.8) is 0 Å². The Balaban J connectivity index is 1.87. The van der Waals surface area contributed by atoms with Crippen LogP contribution in [-0.4, -0.2) is 48.9 Å². The fourth-order valence-electron chi connectivity index (χ4n) is 2.63. The van der Waals surface area contributed by atoms with Crippen molar-refractivity contribution in [1.29, 1.82) is 0 Å². The van der Waals surface area contributed by atoms with Crippen LogP contribution in [0.5, 0.6) is 0 Å². The van der Waals surface area contributed by atoms with Gasteiger partial charge in [-0.05, 0) is 31.9 Å². The fraction of sp³-hybridized carbons (Fsp3) is 0.391. The van der Waals surface area contributed by atoms with Crippen LogP contribution >= 0.6 is 0 Å². The van der Waals surface area contributed by atoms with Gasteiger partial charge in [-0.2, -0.15) is 0 Å². The number of hydrogen-bond donors (Lipinski definition) is 3. The normalized spacial score (nSPS) is 15.6. The third kappa shape index (κ3) is 8.23. The Hall–Kier alpha value is -3.78. The SMILES string of the molecule is C#CCN(C=NCCCNC(C)=CCCC)c1ccc(C#CC2NC(=O)NC2=O)cn1. The highest BCUT2D eigenvalue weighted by atomic mass is 16.2. The predicted octanol–water partition coefficient (Wildman–Crippen LogP) is 1.79. The average Bonchev–Trinajstić information content (AvgIpc) is 3.09. The Morgan fingerprint density at radius 1 is 1.42 bits per heavy atom. The van der Waals surface area contributed by atoms with E-state index in [4.69, 9.17) is 6.42 Å². The van der Waals surface area contributed by atoms with Crippen LogP contribution in [0.2, 0.25) is 0 Å². The number of carbonyl (C=O) groups is 2.